The second-order valence-corrected chi connectivity index (χ2v) is 10.2. The molecule has 11 heteroatoms. The third-order valence-corrected chi connectivity index (χ3v) is 7.38. The number of aryl methyl sites for hydroxylation is 2. The standard InChI is InChI=1S/C28H33N5O5S/c1-4-37-19-10-8-18(9-11-19)24(27(35)31-15-20-6-5-13-38-20)33(21-12-7-16(2)14-17(21)3)28(36)25-22(29)23(26(30)34)32-39-25/h7-12,14,20,24H,4-6,13,15,29H2,1-3H3,(H2,30,34)(H,31,35). The van der Waals surface area contributed by atoms with Gasteiger partial charge in [-0.05, 0) is 74.5 Å². The van der Waals surface area contributed by atoms with Gasteiger partial charge in [-0.1, -0.05) is 29.8 Å². The van der Waals surface area contributed by atoms with Crippen LogP contribution in [0.15, 0.2) is 42.5 Å². The van der Waals surface area contributed by atoms with E-state index in [0.29, 0.717) is 36.8 Å². The summed E-state index contributed by atoms with van der Waals surface area (Å²) in [5.41, 5.74) is 14.1. The van der Waals surface area contributed by atoms with Crippen LogP contribution < -0.4 is 26.4 Å². The van der Waals surface area contributed by atoms with Crippen molar-refractivity contribution in [1.29, 1.82) is 0 Å². The Labute approximate surface area is 231 Å². The number of ether oxygens (including phenoxy) is 2. The number of hydrogen-bond donors (Lipinski definition) is 3. The fourth-order valence-electron chi connectivity index (χ4n) is 4.63. The quantitative estimate of drug-likeness (QED) is 0.349. The zero-order chi connectivity index (χ0) is 28.1. The van der Waals surface area contributed by atoms with Gasteiger partial charge in [0.1, 0.15) is 16.7 Å². The van der Waals surface area contributed by atoms with Gasteiger partial charge in [0.2, 0.25) is 5.91 Å². The number of aromatic nitrogens is 1. The number of amides is 3. The number of nitrogen functional groups attached to an aromatic ring is 1. The smallest absolute Gasteiger partial charge is 0.273 e. The molecule has 2 heterocycles. The number of carbonyl (C=O) groups excluding carboxylic acids is 3. The van der Waals surface area contributed by atoms with Crippen LogP contribution in [-0.2, 0) is 9.53 Å². The van der Waals surface area contributed by atoms with Crippen LogP contribution in [0.3, 0.4) is 0 Å². The molecule has 206 valence electrons. The predicted octanol–water partition coefficient (Wildman–Crippen LogP) is 3.52. The third-order valence-electron chi connectivity index (χ3n) is 6.53. The third kappa shape index (κ3) is 6.21. The van der Waals surface area contributed by atoms with E-state index in [-0.39, 0.29) is 28.3 Å². The number of benzene rings is 2. The van der Waals surface area contributed by atoms with Gasteiger partial charge in [0.05, 0.1) is 18.4 Å². The van der Waals surface area contributed by atoms with Gasteiger partial charge in [-0.2, -0.15) is 4.37 Å². The first kappa shape index (κ1) is 28.1. The lowest BCUT2D eigenvalue weighted by Crippen LogP contribution is -2.46. The minimum absolute atomic E-state index is 0.0200. The zero-order valence-electron chi connectivity index (χ0n) is 22.2. The van der Waals surface area contributed by atoms with E-state index < -0.39 is 17.9 Å². The summed E-state index contributed by atoms with van der Waals surface area (Å²) in [6, 6.07) is 11.6. The number of nitrogens with one attached hydrogen (secondary N) is 1. The molecule has 39 heavy (non-hydrogen) atoms. The van der Waals surface area contributed by atoms with Gasteiger partial charge in [-0.3, -0.25) is 19.3 Å². The molecular weight excluding hydrogens is 518 g/mol. The van der Waals surface area contributed by atoms with Crippen molar-refractivity contribution in [2.45, 2.75) is 45.8 Å². The summed E-state index contributed by atoms with van der Waals surface area (Å²) in [6.45, 7) is 7.16. The Morgan fingerprint density at radius 3 is 2.54 bits per heavy atom. The maximum absolute atomic E-state index is 14.2. The zero-order valence-corrected chi connectivity index (χ0v) is 23.0. The molecule has 1 saturated heterocycles. The van der Waals surface area contributed by atoms with Gasteiger partial charge in [0, 0.05) is 18.8 Å². The molecule has 2 atom stereocenters. The molecular formula is C28H33N5O5S. The molecule has 1 fully saturated rings. The molecule has 0 bridgehead atoms. The van der Waals surface area contributed by atoms with Crippen molar-refractivity contribution in [3.63, 3.8) is 0 Å². The molecule has 0 aliphatic carbocycles. The Hall–Kier alpha value is -3.96. The minimum Gasteiger partial charge on any atom is -0.494 e. The van der Waals surface area contributed by atoms with Crippen LogP contribution in [0.5, 0.6) is 5.75 Å². The van der Waals surface area contributed by atoms with Crippen molar-refractivity contribution < 1.29 is 23.9 Å². The van der Waals surface area contributed by atoms with Crippen LogP contribution in [0, 0.1) is 13.8 Å². The first-order chi connectivity index (χ1) is 18.7. The molecule has 0 radical (unpaired) electrons. The Bertz CT molecular complexity index is 1350. The van der Waals surface area contributed by atoms with Crippen LogP contribution in [0.2, 0.25) is 0 Å². The maximum atomic E-state index is 14.2. The molecule has 10 nitrogen and oxygen atoms in total. The van der Waals surface area contributed by atoms with Gasteiger partial charge in [-0.15, -0.1) is 0 Å². The first-order valence-electron chi connectivity index (χ1n) is 12.8. The number of nitrogens with two attached hydrogens (primary N) is 2. The summed E-state index contributed by atoms with van der Waals surface area (Å²) in [5, 5.41) is 2.98. The highest BCUT2D eigenvalue weighted by Crippen LogP contribution is 2.35. The monoisotopic (exact) mass is 551 g/mol. The lowest BCUT2D eigenvalue weighted by molar-refractivity contribution is -0.123. The molecule has 1 aliphatic heterocycles. The molecule has 0 spiro atoms. The molecule has 1 aromatic heterocycles. The van der Waals surface area contributed by atoms with Gasteiger partial charge in [-0.25, -0.2) is 0 Å². The molecule has 2 aromatic carbocycles. The fraction of sp³-hybridized carbons (Fsp3) is 0.357. The number of nitrogens with zero attached hydrogens (tertiary/aromatic N) is 2. The minimum atomic E-state index is -1.07. The number of carbonyl (C=O) groups is 3. The van der Waals surface area contributed by atoms with Crippen LogP contribution >= 0.6 is 11.5 Å². The highest BCUT2D eigenvalue weighted by molar-refractivity contribution is 7.09. The second-order valence-electron chi connectivity index (χ2n) is 9.39. The topological polar surface area (TPSA) is 150 Å². The Kier molecular flexibility index (Phi) is 8.82. The Balaban J connectivity index is 1.83. The van der Waals surface area contributed by atoms with Crippen LogP contribution in [0.25, 0.3) is 0 Å². The highest BCUT2D eigenvalue weighted by Gasteiger charge is 2.37. The van der Waals surface area contributed by atoms with E-state index in [1.165, 1.54) is 4.90 Å². The van der Waals surface area contributed by atoms with Crippen molar-refractivity contribution >= 4 is 40.6 Å². The van der Waals surface area contributed by atoms with E-state index in [1.807, 2.05) is 32.9 Å². The molecule has 2 unspecified atom stereocenters. The Morgan fingerprint density at radius 1 is 1.21 bits per heavy atom. The van der Waals surface area contributed by atoms with Crippen LogP contribution in [0.4, 0.5) is 11.4 Å². The van der Waals surface area contributed by atoms with E-state index in [1.54, 1.807) is 30.3 Å². The molecule has 0 saturated carbocycles. The van der Waals surface area contributed by atoms with Gasteiger partial charge in [0.25, 0.3) is 11.8 Å². The van der Waals surface area contributed by atoms with Gasteiger partial charge >= 0.3 is 0 Å². The van der Waals surface area contributed by atoms with Crippen molar-refractivity contribution in [3.8, 4) is 5.75 Å². The average molecular weight is 552 g/mol. The number of primary amides is 1. The van der Waals surface area contributed by atoms with E-state index >= 15 is 0 Å². The molecule has 5 N–H and O–H groups in total. The molecule has 3 amide bonds. The largest absolute Gasteiger partial charge is 0.494 e. The van der Waals surface area contributed by atoms with Gasteiger partial charge in [0.15, 0.2) is 5.69 Å². The van der Waals surface area contributed by atoms with E-state index in [4.69, 9.17) is 20.9 Å². The summed E-state index contributed by atoms with van der Waals surface area (Å²) in [6.07, 6.45) is 1.69. The summed E-state index contributed by atoms with van der Waals surface area (Å²) in [4.78, 5) is 41.4. The highest BCUT2D eigenvalue weighted by atomic mass is 32.1. The molecule has 4 rings (SSSR count). The van der Waals surface area contributed by atoms with Crippen molar-refractivity contribution in [2.24, 2.45) is 5.73 Å². The van der Waals surface area contributed by atoms with Crippen molar-refractivity contribution in [1.82, 2.24) is 9.69 Å². The average Bonchev–Trinajstić information content (AvgIpc) is 3.56. The van der Waals surface area contributed by atoms with Crippen molar-refractivity contribution in [2.75, 3.05) is 30.4 Å². The number of rotatable bonds is 10. The predicted molar refractivity (Wildman–Crippen MR) is 150 cm³/mol. The summed E-state index contributed by atoms with van der Waals surface area (Å²) >= 11 is 0.773. The summed E-state index contributed by atoms with van der Waals surface area (Å²) in [5.74, 6) is -1.16. The number of anilines is 2. The molecule has 3 aromatic rings. The lowest BCUT2D eigenvalue weighted by atomic mass is 10.00. The first-order valence-corrected chi connectivity index (χ1v) is 13.6. The molecule has 1 aliphatic rings. The van der Waals surface area contributed by atoms with Crippen LogP contribution in [0.1, 0.15) is 62.7 Å². The van der Waals surface area contributed by atoms with E-state index in [9.17, 15) is 14.4 Å². The Morgan fingerprint density at radius 2 is 1.95 bits per heavy atom. The van der Waals surface area contributed by atoms with Crippen molar-refractivity contribution in [3.05, 3.63) is 69.7 Å². The normalized spacial score (nSPS) is 15.5. The van der Waals surface area contributed by atoms with E-state index in [2.05, 4.69) is 9.69 Å². The van der Waals surface area contributed by atoms with Gasteiger partial charge < -0.3 is 26.3 Å². The lowest BCUT2D eigenvalue weighted by Gasteiger charge is -2.32. The summed E-state index contributed by atoms with van der Waals surface area (Å²) < 4.78 is 15.3. The fourth-order valence-corrected chi connectivity index (χ4v) is 5.37. The maximum Gasteiger partial charge on any atom is 0.273 e. The van der Waals surface area contributed by atoms with E-state index in [0.717, 1.165) is 35.5 Å². The summed E-state index contributed by atoms with van der Waals surface area (Å²) in [7, 11) is 0. The van der Waals surface area contributed by atoms with Crippen LogP contribution in [-0.4, -0.2) is 48.0 Å². The second kappa shape index (κ2) is 12.3. The number of hydrogen-bond acceptors (Lipinski definition) is 8. The SMILES string of the molecule is CCOc1ccc(C(C(=O)NCC2CCCO2)N(C(=O)c2snc(C(N)=O)c2N)c2ccc(C)cc2C)cc1.